The minimum atomic E-state index is -3.67. The van der Waals surface area contributed by atoms with E-state index >= 15 is 0 Å². The second kappa shape index (κ2) is 14.8. The molecule has 232 valence electrons. The maximum atomic E-state index is 11.0. The van der Waals surface area contributed by atoms with Crippen molar-refractivity contribution >= 4 is 30.4 Å². The Morgan fingerprint density at radius 3 is 2.00 bits per heavy atom. The summed E-state index contributed by atoms with van der Waals surface area (Å²) in [6, 6.07) is 16.2. The van der Waals surface area contributed by atoms with E-state index in [1.54, 1.807) is 31.2 Å². The number of hydrogen-bond acceptors (Lipinski definition) is 15. The lowest BCUT2D eigenvalue weighted by molar-refractivity contribution is 0.226. The molecule has 4 rings (SSSR count). The fourth-order valence-corrected chi connectivity index (χ4v) is 3.75. The predicted molar refractivity (Wildman–Crippen MR) is 149 cm³/mol. The first kappa shape index (κ1) is 35.0. The molecule has 0 radical (unpaired) electrons. The van der Waals surface area contributed by atoms with Crippen LogP contribution in [0.5, 0.6) is 0 Å². The van der Waals surface area contributed by atoms with Gasteiger partial charge in [0.15, 0.2) is 0 Å². The van der Waals surface area contributed by atoms with E-state index < -0.39 is 36.5 Å². The highest BCUT2D eigenvalue weighted by Crippen LogP contribution is 2.15. The monoisotopic (exact) mass is 657 g/mol. The highest BCUT2D eigenvalue weighted by molar-refractivity contribution is 7.86. The summed E-state index contributed by atoms with van der Waals surface area (Å²) in [5.74, 6) is 0.347. The number of aromatic nitrogens is 8. The molecule has 1 unspecified atom stereocenters. The van der Waals surface area contributed by atoms with E-state index in [1.165, 1.54) is 9.59 Å². The van der Waals surface area contributed by atoms with Crippen LogP contribution in [0.1, 0.15) is 35.8 Å². The first-order chi connectivity index (χ1) is 19.8. The Hall–Kier alpha value is -4.20. The van der Waals surface area contributed by atoms with Crippen LogP contribution in [0, 0.1) is 18.3 Å². The molecule has 2 heterocycles. The third kappa shape index (κ3) is 14.0. The number of aryl methyl sites for hydroxylation is 1. The molecule has 0 bridgehead atoms. The van der Waals surface area contributed by atoms with Crippen molar-refractivity contribution < 1.29 is 38.2 Å². The molecule has 1 atom stereocenters. The van der Waals surface area contributed by atoms with Crippen LogP contribution in [0.3, 0.4) is 0 Å². The first-order valence-electron chi connectivity index (χ1n) is 11.6. The highest BCUT2D eigenvalue weighted by Gasteiger charge is 2.18. The van der Waals surface area contributed by atoms with E-state index in [2.05, 4.69) is 35.0 Å². The van der Waals surface area contributed by atoms with Crippen molar-refractivity contribution in [1.29, 1.82) is 5.26 Å². The molecule has 43 heavy (non-hydrogen) atoms. The predicted octanol–water partition coefficient (Wildman–Crippen LogP) is 0.522. The lowest BCUT2D eigenvalue weighted by Crippen LogP contribution is -2.09. The molecule has 0 spiro atoms. The van der Waals surface area contributed by atoms with E-state index in [0.717, 1.165) is 23.8 Å². The van der Waals surface area contributed by atoms with E-state index in [1.807, 2.05) is 37.3 Å². The normalized spacial score (nSPS) is 12.2. The van der Waals surface area contributed by atoms with Crippen LogP contribution < -0.4 is 0 Å². The summed E-state index contributed by atoms with van der Waals surface area (Å²) in [6.45, 7) is 3.23. The van der Waals surface area contributed by atoms with Crippen LogP contribution in [0.15, 0.2) is 48.5 Å². The van der Waals surface area contributed by atoms with Crippen LogP contribution in [-0.4, -0.2) is 89.0 Å². The van der Waals surface area contributed by atoms with Crippen molar-refractivity contribution in [2.75, 3.05) is 18.8 Å². The summed E-state index contributed by atoms with van der Waals surface area (Å²) in [5, 5.41) is 31.9. The minimum absolute atomic E-state index is 0.132. The molecule has 2 aromatic heterocycles. The van der Waals surface area contributed by atoms with Gasteiger partial charge in [-0.25, -0.2) is 0 Å². The summed E-state index contributed by atoms with van der Waals surface area (Å²) in [5.41, 5.74) is 2.84. The number of hydrogen-bond donors (Lipinski definition) is 1. The second-order valence-electron chi connectivity index (χ2n) is 8.58. The lowest BCUT2D eigenvalue weighted by Gasteiger charge is -2.05. The Morgan fingerprint density at radius 2 is 1.44 bits per heavy atom. The smallest absolute Gasteiger partial charge is 0.265 e. The van der Waals surface area contributed by atoms with Crippen LogP contribution >= 0.6 is 0 Å². The number of tetrazole rings is 2. The molecule has 0 saturated carbocycles. The Morgan fingerprint density at radius 1 is 0.884 bits per heavy atom. The highest BCUT2D eigenvalue weighted by atomic mass is 32.2. The largest absolute Gasteiger partial charge is 0.286 e. The van der Waals surface area contributed by atoms with Gasteiger partial charge >= 0.3 is 0 Å². The number of benzene rings is 2. The van der Waals surface area contributed by atoms with Gasteiger partial charge in [0.2, 0.25) is 11.6 Å². The molecule has 1 N–H and O–H groups in total. The summed E-state index contributed by atoms with van der Waals surface area (Å²) in [4.78, 5) is 2.53. The van der Waals surface area contributed by atoms with Crippen LogP contribution in [0.25, 0.3) is 11.4 Å². The van der Waals surface area contributed by atoms with Gasteiger partial charge in [-0.3, -0.25) is 12.9 Å². The number of nitrogens with zero attached hydrogens (tertiary/aromatic N) is 9. The van der Waals surface area contributed by atoms with Crippen molar-refractivity contribution in [2.45, 2.75) is 26.6 Å². The van der Waals surface area contributed by atoms with Crippen molar-refractivity contribution in [3.63, 3.8) is 0 Å². The maximum Gasteiger partial charge on any atom is 0.265 e. The Balaban J connectivity index is 0.000000260. The van der Waals surface area contributed by atoms with Crippen LogP contribution in [0.4, 0.5) is 0 Å². The van der Waals surface area contributed by atoms with Gasteiger partial charge < -0.3 is 0 Å². The van der Waals surface area contributed by atoms with Crippen molar-refractivity contribution in [1.82, 2.24) is 40.4 Å². The molecule has 0 aliphatic heterocycles. The Kier molecular flexibility index (Phi) is 12.1. The van der Waals surface area contributed by atoms with Crippen LogP contribution in [-0.2, 0) is 45.3 Å². The zero-order valence-corrected chi connectivity index (χ0v) is 25.8. The second-order valence-corrected chi connectivity index (χ2v) is 13.3. The standard InChI is InChI=1S/C11H14N4O3S.C10H9N5O3S.CH4O3S/c1-8-5-4-6-10(7-8)15-13-11(12-14-15)9(2)18-19(3,16)17;1-19(16,17)18-7-10-12-14-15(13-10)9-4-2-3-8(5-9)6-11;1-5(2,3)4/h4-7,9H,1-3H3;2-5H,7H2,1H3;1H3,(H,2,3,4). The van der Waals surface area contributed by atoms with Gasteiger partial charge in [-0.2, -0.15) is 30.5 Å². The summed E-state index contributed by atoms with van der Waals surface area (Å²) < 4.78 is 78.9. The summed E-state index contributed by atoms with van der Waals surface area (Å²) >= 11 is 0. The third-order valence-corrected chi connectivity index (χ3v) is 5.59. The van der Waals surface area contributed by atoms with Crippen LogP contribution in [0.2, 0.25) is 0 Å². The van der Waals surface area contributed by atoms with Gasteiger partial charge in [0.05, 0.1) is 41.8 Å². The Labute approximate surface area is 247 Å². The first-order valence-corrected chi connectivity index (χ1v) is 17.1. The summed E-state index contributed by atoms with van der Waals surface area (Å²) in [7, 11) is -10.8. The van der Waals surface area contributed by atoms with Crippen molar-refractivity contribution in [3.05, 3.63) is 71.3 Å². The SMILES string of the molecule is CS(=O)(=O)O.CS(=O)(=O)OCc1nnn(-c2cccc(C#N)c2)n1.Cc1cccc(-n2nnc(C(C)OS(C)(=O)=O)n2)c1. The lowest BCUT2D eigenvalue weighted by atomic mass is 10.2. The molecule has 21 heteroatoms. The van der Waals surface area contributed by atoms with Crippen molar-refractivity contribution in [2.24, 2.45) is 0 Å². The van der Waals surface area contributed by atoms with Gasteiger partial charge in [-0.1, -0.05) is 18.2 Å². The molecule has 4 aromatic rings. The van der Waals surface area contributed by atoms with Gasteiger partial charge in [-0.15, -0.1) is 30.0 Å². The zero-order chi connectivity index (χ0) is 32.4. The molecule has 18 nitrogen and oxygen atoms in total. The molecule has 0 aliphatic rings. The molecular formula is C22H27N9O9S3. The molecule has 0 saturated heterocycles. The maximum absolute atomic E-state index is 11.0. The zero-order valence-electron chi connectivity index (χ0n) is 23.4. The molecule has 0 amide bonds. The topological polar surface area (TPSA) is 252 Å². The van der Waals surface area contributed by atoms with E-state index in [9.17, 15) is 25.3 Å². The van der Waals surface area contributed by atoms with E-state index in [0.29, 0.717) is 17.5 Å². The third-order valence-electron chi connectivity index (χ3n) is 4.41. The number of rotatable bonds is 8. The fraction of sp³-hybridized carbons (Fsp3) is 0.318. The Bertz CT molecular complexity index is 1890. The van der Waals surface area contributed by atoms with Gasteiger partial charge in [0.1, 0.15) is 12.7 Å². The molecule has 2 aromatic carbocycles. The van der Waals surface area contributed by atoms with Gasteiger partial charge in [0.25, 0.3) is 30.4 Å². The number of nitriles is 1. The van der Waals surface area contributed by atoms with E-state index in [-0.39, 0.29) is 18.3 Å². The minimum Gasteiger partial charge on any atom is -0.286 e. The molecule has 0 fully saturated rings. The average Bonchev–Trinajstić information content (AvgIpc) is 3.56. The average molecular weight is 658 g/mol. The summed E-state index contributed by atoms with van der Waals surface area (Å²) in [6.07, 6.45) is 1.86. The molecule has 0 aliphatic carbocycles. The van der Waals surface area contributed by atoms with E-state index in [4.69, 9.17) is 14.0 Å². The fourth-order valence-electron chi connectivity index (χ4n) is 2.82. The van der Waals surface area contributed by atoms with Crippen molar-refractivity contribution in [3.8, 4) is 17.4 Å². The van der Waals surface area contributed by atoms with Gasteiger partial charge in [-0.05, 0) is 60.2 Å². The van der Waals surface area contributed by atoms with Gasteiger partial charge in [0, 0.05) is 0 Å². The quantitative estimate of drug-likeness (QED) is 0.200. The molecular weight excluding hydrogens is 630 g/mol.